The van der Waals surface area contributed by atoms with Crippen LogP contribution in [0.1, 0.15) is 38.3 Å². The number of rotatable bonds is 6. The number of anilines is 1. The lowest BCUT2D eigenvalue weighted by Gasteiger charge is -2.43. The van der Waals surface area contributed by atoms with E-state index in [-0.39, 0.29) is 30.7 Å². The monoisotopic (exact) mass is 427 g/mol. The number of hydrogen-bond acceptors (Lipinski definition) is 4. The molecule has 7 nitrogen and oxygen atoms in total. The van der Waals surface area contributed by atoms with Gasteiger partial charge in [0.15, 0.2) is 0 Å². The predicted octanol–water partition coefficient (Wildman–Crippen LogP) is 3.51. The number of halogens is 1. The summed E-state index contributed by atoms with van der Waals surface area (Å²) in [4.78, 5) is 30.8. The van der Waals surface area contributed by atoms with Gasteiger partial charge in [0.1, 0.15) is 5.82 Å². The van der Waals surface area contributed by atoms with Gasteiger partial charge < -0.3 is 10.6 Å². The fourth-order valence-corrected chi connectivity index (χ4v) is 3.40. The van der Waals surface area contributed by atoms with E-state index in [1.165, 1.54) is 4.90 Å². The van der Waals surface area contributed by atoms with Crippen LogP contribution in [0.3, 0.4) is 0 Å². The summed E-state index contributed by atoms with van der Waals surface area (Å²) in [6, 6.07) is 13.0. The van der Waals surface area contributed by atoms with Gasteiger partial charge in [-0.1, -0.05) is 44.2 Å². The van der Waals surface area contributed by atoms with E-state index < -0.39 is 5.54 Å². The Labute approximate surface area is 181 Å². The van der Waals surface area contributed by atoms with Crippen molar-refractivity contribution in [1.29, 1.82) is 0 Å². The van der Waals surface area contributed by atoms with Crippen molar-refractivity contribution in [1.82, 2.24) is 15.2 Å². The van der Waals surface area contributed by atoms with E-state index in [0.717, 1.165) is 11.1 Å². The summed E-state index contributed by atoms with van der Waals surface area (Å²) in [5.41, 5.74) is 1.32. The zero-order chi connectivity index (χ0) is 21.7. The van der Waals surface area contributed by atoms with Gasteiger partial charge in [0, 0.05) is 23.5 Å². The van der Waals surface area contributed by atoms with E-state index >= 15 is 0 Å². The second kappa shape index (κ2) is 9.26. The molecule has 1 aliphatic heterocycles. The molecule has 2 aromatic rings. The van der Waals surface area contributed by atoms with Gasteiger partial charge in [-0.05, 0) is 36.1 Å². The van der Waals surface area contributed by atoms with Crippen LogP contribution in [0.25, 0.3) is 0 Å². The molecule has 2 heterocycles. The van der Waals surface area contributed by atoms with E-state index in [4.69, 9.17) is 11.8 Å². The van der Waals surface area contributed by atoms with Crippen molar-refractivity contribution in [3.63, 3.8) is 0 Å². The van der Waals surface area contributed by atoms with E-state index in [1.807, 2.05) is 37.3 Å². The second-order valence-electron chi connectivity index (χ2n) is 8.02. The largest absolute Gasteiger partial charge is 0.349 e. The summed E-state index contributed by atoms with van der Waals surface area (Å²) in [5.74, 6) is 0.773. The van der Waals surface area contributed by atoms with Crippen LogP contribution in [0.5, 0.6) is 0 Å². The van der Waals surface area contributed by atoms with Crippen molar-refractivity contribution >= 4 is 35.4 Å². The summed E-state index contributed by atoms with van der Waals surface area (Å²) in [7, 11) is 0. The number of nitrogens with one attached hydrogen (secondary N) is 2. The average molecular weight is 428 g/mol. The van der Waals surface area contributed by atoms with E-state index in [1.54, 1.807) is 18.3 Å². The third kappa shape index (κ3) is 5.16. The molecule has 1 saturated heterocycles. The molecular formula is C22H26ClN5O2. The molecule has 2 amide bonds. The molecule has 0 unspecified atom stereocenters. The van der Waals surface area contributed by atoms with Gasteiger partial charge in [0.05, 0.1) is 19.4 Å². The van der Waals surface area contributed by atoms with Crippen molar-refractivity contribution in [2.75, 3.05) is 5.32 Å². The van der Waals surface area contributed by atoms with Gasteiger partial charge in [-0.2, -0.15) is 0 Å². The minimum absolute atomic E-state index is 0.0594. The Balaban J connectivity index is 1.69. The first-order chi connectivity index (χ1) is 14.3. The molecule has 1 aromatic carbocycles. The van der Waals surface area contributed by atoms with E-state index in [0.29, 0.717) is 18.2 Å². The second-order valence-corrected chi connectivity index (χ2v) is 8.19. The molecule has 2 N–H and O–H groups in total. The van der Waals surface area contributed by atoms with Crippen LogP contribution in [-0.2, 0) is 22.6 Å². The van der Waals surface area contributed by atoms with Crippen LogP contribution < -0.4 is 10.6 Å². The van der Waals surface area contributed by atoms with Crippen LogP contribution in [0.15, 0.2) is 53.2 Å². The first-order valence-electron chi connectivity index (χ1n) is 9.87. The minimum Gasteiger partial charge on any atom is -0.349 e. The van der Waals surface area contributed by atoms with Crippen molar-refractivity contribution in [3.8, 4) is 0 Å². The molecule has 8 heteroatoms. The van der Waals surface area contributed by atoms with Crippen LogP contribution in [0.2, 0.25) is 0 Å². The lowest BCUT2D eigenvalue weighted by atomic mass is 9.83. The fraction of sp³-hybridized carbons (Fsp3) is 0.364. The van der Waals surface area contributed by atoms with Gasteiger partial charge in [-0.15, -0.1) is 4.51 Å². The summed E-state index contributed by atoms with van der Waals surface area (Å²) < 4.78 is 3.77. The SMILES string of the molecule is CC(C)[C@]1(C)CC(=O)N(Cc2ccnc(NC(=O)Cc3ccccc3)c2)/C(=N\Cl)N1. The van der Waals surface area contributed by atoms with Gasteiger partial charge in [-0.25, -0.2) is 4.98 Å². The lowest BCUT2D eigenvalue weighted by molar-refractivity contribution is -0.131. The van der Waals surface area contributed by atoms with Crippen molar-refractivity contribution in [3.05, 3.63) is 59.8 Å². The Kier molecular flexibility index (Phi) is 6.72. The highest BCUT2D eigenvalue weighted by Gasteiger charge is 2.40. The first-order valence-corrected chi connectivity index (χ1v) is 10.2. The summed E-state index contributed by atoms with van der Waals surface area (Å²) in [6.45, 7) is 6.36. The molecule has 1 aromatic heterocycles. The maximum atomic E-state index is 12.8. The van der Waals surface area contributed by atoms with Gasteiger partial charge >= 0.3 is 0 Å². The fourth-order valence-electron chi connectivity index (χ4n) is 3.26. The molecular weight excluding hydrogens is 402 g/mol. The molecule has 30 heavy (non-hydrogen) atoms. The molecule has 158 valence electrons. The van der Waals surface area contributed by atoms with Gasteiger partial charge in [0.2, 0.25) is 17.8 Å². The van der Waals surface area contributed by atoms with Crippen LogP contribution in [0.4, 0.5) is 5.82 Å². The summed E-state index contributed by atoms with van der Waals surface area (Å²) in [5, 5.41) is 6.10. The first kappa shape index (κ1) is 21.8. The maximum Gasteiger partial charge on any atom is 0.231 e. The Hall–Kier alpha value is -2.93. The lowest BCUT2D eigenvalue weighted by Crippen LogP contribution is -2.63. The minimum atomic E-state index is -0.407. The Bertz CT molecular complexity index is 948. The van der Waals surface area contributed by atoms with Crippen LogP contribution in [0, 0.1) is 5.92 Å². The number of guanidine groups is 1. The molecule has 0 bridgehead atoms. The molecule has 1 aliphatic rings. The van der Waals surface area contributed by atoms with Crippen LogP contribution in [-0.4, -0.2) is 33.2 Å². The number of carbonyl (C=O) groups excluding carboxylic acids is 2. The average Bonchev–Trinajstić information content (AvgIpc) is 2.70. The zero-order valence-corrected chi connectivity index (χ0v) is 18.1. The molecule has 0 aliphatic carbocycles. The molecule has 1 fully saturated rings. The zero-order valence-electron chi connectivity index (χ0n) is 17.4. The van der Waals surface area contributed by atoms with E-state index in [9.17, 15) is 9.59 Å². The third-order valence-corrected chi connectivity index (χ3v) is 5.63. The summed E-state index contributed by atoms with van der Waals surface area (Å²) in [6.07, 6.45) is 2.20. The number of nitrogens with zero attached hydrogens (tertiary/aromatic N) is 3. The maximum absolute atomic E-state index is 12.8. The number of benzene rings is 1. The molecule has 0 saturated carbocycles. The number of hydrogen-bond donors (Lipinski definition) is 2. The summed E-state index contributed by atoms with van der Waals surface area (Å²) >= 11 is 5.78. The number of amides is 2. The topological polar surface area (TPSA) is 86.7 Å². The van der Waals surface area contributed by atoms with Gasteiger partial charge in [0.25, 0.3) is 0 Å². The van der Waals surface area contributed by atoms with Crippen LogP contribution >= 0.6 is 11.8 Å². The van der Waals surface area contributed by atoms with Crippen molar-refractivity contribution < 1.29 is 9.59 Å². The quantitative estimate of drug-likeness (QED) is 0.738. The highest BCUT2D eigenvalue weighted by Crippen LogP contribution is 2.27. The van der Waals surface area contributed by atoms with E-state index in [2.05, 4.69) is 34.0 Å². The van der Waals surface area contributed by atoms with Crippen molar-refractivity contribution in [2.24, 2.45) is 10.4 Å². The number of pyridine rings is 1. The normalized spacial score (nSPS) is 20.4. The Morgan fingerprint density at radius 1 is 1.30 bits per heavy atom. The Morgan fingerprint density at radius 3 is 2.70 bits per heavy atom. The number of carbonyl (C=O) groups is 2. The molecule has 0 radical (unpaired) electrons. The predicted molar refractivity (Wildman–Crippen MR) is 118 cm³/mol. The molecule has 0 spiro atoms. The van der Waals surface area contributed by atoms with Gasteiger partial charge in [-0.3, -0.25) is 14.5 Å². The standard InChI is InChI=1S/C22H26ClN5O2/c1-15(2)22(3)13-20(30)28(21(26-22)27-23)14-17-9-10-24-18(11-17)25-19(29)12-16-7-5-4-6-8-16/h4-11,15H,12-14H2,1-3H3,(H,26,27)(H,24,25,29)/t22-/m0/s1. The highest BCUT2D eigenvalue weighted by atomic mass is 35.5. The Morgan fingerprint density at radius 2 is 2.03 bits per heavy atom. The smallest absolute Gasteiger partial charge is 0.231 e. The molecule has 3 rings (SSSR count). The highest BCUT2D eigenvalue weighted by molar-refractivity contribution is 6.21. The number of aromatic nitrogens is 1. The third-order valence-electron chi connectivity index (χ3n) is 5.47. The van der Waals surface area contributed by atoms with Crippen molar-refractivity contribution in [2.45, 2.75) is 45.7 Å². The molecule has 1 atom stereocenters.